The maximum Gasteiger partial charge on any atom is 0.191 e. The summed E-state index contributed by atoms with van der Waals surface area (Å²) in [6.07, 6.45) is 0.905. The van der Waals surface area contributed by atoms with Crippen LogP contribution in [0.1, 0.15) is 17.5 Å². The van der Waals surface area contributed by atoms with E-state index in [-0.39, 0.29) is 0 Å². The maximum absolute atomic E-state index is 6.01. The maximum atomic E-state index is 6.01. The molecule has 2 N–H and O–H groups in total. The quantitative estimate of drug-likeness (QED) is 0.649. The summed E-state index contributed by atoms with van der Waals surface area (Å²) in [5, 5.41) is 7.31. The summed E-state index contributed by atoms with van der Waals surface area (Å²) in [5.74, 6) is 2.34. The Morgan fingerprint density at radius 1 is 1.00 bits per heavy atom. The molecule has 0 amide bonds. The van der Waals surface area contributed by atoms with Crippen LogP contribution >= 0.6 is 11.6 Å². The summed E-state index contributed by atoms with van der Waals surface area (Å²) >= 11 is 6.01. The molecule has 5 nitrogen and oxygen atoms in total. The van der Waals surface area contributed by atoms with Gasteiger partial charge in [-0.05, 0) is 35.4 Å². The van der Waals surface area contributed by atoms with E-state index in [2.05, 4.69) is 15.6 Å². The summed E-state index contributed by atoms with van der Waals surface area (Å²) in [7, 11) is 1.75. The predicted molar refractivity (Wildman–Crippen MR) is 101 cm³/mol. The van der Waals surface area contributed by atoms with Gasteiger partial charge in [-0.3, -0.25) is 4.99 Å². The Morgan fingerprint density at radius 2 is 1.72 bits per heavy atom. The van der Waals surface area contributed by atoms with E-state index in [1.807, 2.05) is 42.5 Å². The zero-order chi connectivity index (χ0) is 17.5. The van der Waals surface area contributed by atoms with Gasteiger partial charge in [0.25, 0.3) is 0 Å². The third kappa shape index (κ3) is 5.03. The van der Waals surface area contributed by atoms with Crippen molar-refractivity contribution in [2.75, 3.05) is 20.3 Å². The number of rotatable bonds is 4. The van der Waals surface area contributed by atoms with E-state index in [1.165, 1.54) is 0 Å². The smallest absolute Gasteiger partial charge is 0.191 e. The minimum Gasteiger partial charge on any atom is -0.490 e. The van der Waals surface area contributed by atoms with Gasteiger partial charge in [0.15, 0.2) is 17.5 Å². The minimum atomic E-state index is 0.645. The number of fused-ring (bicyclic) bond motifs is 1. The zero-order valence-electron chi connectivity index (χ0n) is 14.2. The number of guanidine groups is 1. The molecular formula is C19H22ClN3O2. The molecule has 0 fully saturated rings. The lowest BCUT2D eigenvalue weighted by Crippen LogP contribution is -2.36. The van der Waals surface area contributed by atoms with E-state index < -0.39 is 0 Å². The summed E-state index contributed by atoms with van der Waals surface area (Å²) in [5.41, 5.74) is 2.21. The molecule has 0 aromatic heterocycles. The molecule has 0 saturated heterocycles. The van der Waals surface area contributed by atoms with Gasteiger partial charge in [-0.25, -0.2) is 0 Å². The van der Waals surface area contributed by atoms with Crippen molar-refractivity contribution < 1.29 is 9.47 Å². The fourth-order valence-corrected chi connectivity index (χ4v) is 2.77. The Kier molecular flexibility index (Phi) is 6.01. The molecule has 0 atom stereocenters. The third-order valence-corrected chi connectivity index (χ3v) is 4.08. The van der Waals surface area contributed by atoms with Crippen LogP contribution in [0, 0.1) is 0 Å². The van der Waals surface area contributed by atoms with Crippen molar-refractivity contribution in [2.45, 2.75) is 19.5 Å². The van der Waals surface area contributed by atoms with Crippen LogP contribution in [-0.4, -0.2) is 26.2 Å². The van der Waals surface area contributed by atoms with Crippen LogP contribution < -0.4 is 20.1 Å². The van der Waals surface area contributed by atoms with Gasteiger partial charge in [0, 0.05) is 31.6 Å². The minimum absolute atomic E-state index is 0.645. The topological polar surface area (TPSA) is 54.9 Å². The molecule has 3 rings (SSSR count). The normalized spacial score (nSPS) is 13.9. The molecule has 0 radical (unpaired) electrons. The largest absolute Gasteiger partial charge is 0.490 e. The molecule has 0 unspecified atom stereocenters. The van der Waals surface area contributed by atoms with Gasteiger partial charge in [0.05, 0.1) is 13.2 Å². The SMILES string of the molecule is CN=C(NCc1cccc(Cl)c1)NCc1ccc2c(c1)OCCCO2. The van der Waals surface area contributed by atoms with Crippen molar-refractivity contribution in [1.29, 1.82) is 0 Å². The molecule has 25 heavy (non-hydrogen) atoms. The monoisotopic (exact) mass is 359 g/mol. The number of nitrogens with one attached hydrogen (secondary N) is 2. The second kappa shape index (κ2) is 8.62. The molecule has 0 spiro atoms. The highest BCUT2D eigenvalue weighted by Gasteiger charge is 2.10. The lowest BCUT2D eigenvalue weighted by Gasteiger charge is -2.13. The van der Waals surface area contributed by atoms with E-state index in [4.69, 9.17) is 21.1 Å². The molecule has 0 saturated carbocycles. The van der Waals surface area contributed by atoms with Gasteiger partial charge < -0.3 is 20.1 Å². The first kappa shape index (κ1) is 17.4. The fourth-order valence-electron chi connectivity index (χ4n) is 2.56. The highest BCUT2D eigenvalue weighted by atomic mass is 35.5. The van der Waals surface area contributed by atoms with Gasteiger partial charge in [-0.2, -0.15) is 0 Å². The van der Waals surface area contributed by atoms with Crippen LogP contribution in [0.4, 0.5) is 0 Å². The summed E-state index contributed by atoms with van der Waals surface area (Å²) in [4.78, 5) is 4.25. The lowest BCUT2D eigenvalue weighted by molar-refractivity contribution is 0.297. The van der Waals surface area contributed by atoms with Crippen LogP contribution in [0.25, 0.3) is 0 Å². The van der Waals surface area contributed by atoms with Crippen LogP contribution in [-0.2, 0) is 13.1 Å². The van der Waals surface area contributed by atoms with E-state index >= 15 is 0 Å². The molecular weight excluding hydrogens is 338 g/mol. The molecule has 2 aromatic rings. The van der Waals surface area contributed by atoms with Crippen molar-refractivity contribution in [3.8, 4) is 11.5 Å². The van der Waals surface area contributed by atoms with Gasteiger partial charge in [-0.1, -0.05) is 29.8 Å². The van der Waals surface area contributed by atoms with Crippen LogP contribution in [0.3, 0.4) is 0 Å². The number of ether oxygens (including phenoxy) is 2. The molecule has 132 valence electrons. The second-order valence-electron chi connectivity index (χ2n) is 5.74. The zero-order valence-corrected chi connectivity index (χ0v) is 15.0. The van der Waals surface area contributed by atoms with Crippen molar-refractivity contribution in [2.24, 2.45) is 4.99 Å². The van der Waals surface area contributed by atoms with Gasteiger partial charge >= 0.3 is 0 Å². The van der Waals surface area contributed by atoms with E-state index in [0.717, 1.165) is 40.0 Å². The average molecular weight is 360 g/mol. The number of aliphatic imine (C=N–C) groups is 1. The average Bonchev–Trinajstić information content (AvgIpc) is 2.87. The second-order valence-corrected chi connectivity index (χ2v) is 6.18. The summed E-state index contributed by atoms with van der Waals surface area (Å²) < 4.78 is 11.4. The highest BCUT2D eigenvalue weighted by Crippen LogP contribution is 2.30. The Hall–Kier alpha value is -2.40. The van der Waals surface area contributed by atoms with Crippen molar-refractivity contribution >= 4 is 17.6 Å². The number of hydrogen-bond acceptors (Lipinski definition) is 3. The number of halogens is 1. The Labute approximate surface area is 153 Å². The standard InChI is InChI=1S/C19H22ClN3O2/c1-21-19(22-12-14-4-2-5-16(20)10-14)23-13-15-6-7-17-18(11-15)25-9-3-8-24-17/h2,4-7,10-11H,3,8-9,12-13H2,1H3,(H2,21,22,23). The summed E-state index contributed by atoms with van der Waals surface area (Å²) in [6, 6.07) is 13.8. The third-order valence-electron chi connectivity index (χ3n) is 3.84. The molecule has 6 heteroatoms. The van der Waals surface area contributed by atoms with E-state index in [0.29, 0.717) is 26.3 Å². The molecule has 1 aliphatic rings. The van der Waals surface area contributed by atoms with Crippen LogP contribution in [0.5, 0.6) is 11.5 Å². The first-order valence-electron chi connectivity index (χ1n) is 8.32. The first-order valence-corrected chi connectivity index (χ1v) is 8.70. The lowest BCUT2D eigenvalue weighted by atomic mass is 10.2. The Balaban J connectivity index is 1.55. The molecule has 0 aliphatic carbocycles. The molecule has 0 bridgehead atoms. The van der Waals surface area contributed by atoms with Gasteiger partial charge in [0.1, 0.15) is 0 Å². The number of benzene rings is 2. The van der Waals surface area contributed by atoms with Crippen LogP contribution in [0.2, 0.25) is 5.02 Å². The molecule has 1 aliphatic heterocycles. The highest BCUT2D eigenvalue weighted by molar-refractivity contribution is 6.30. The Morgan fingerprint density at radius 3 is 2.44 bits per heavy atom. The number of hydrogen-bond donors (Lipinski definition) is 2. The molecule has 2 aromatic carbocycles. The van der Waals surface area contributed by atoms with Gasteiger partial charge in [-0.15, -0.1) is 0 Å². The summed E-state index contributed by atoms with van der Waals surface area (Å²) in [6.45, 7) is 2.69. The van der Waals surface area contributed by atoms with Crippen molar-refractivity contribution in [3.63, 3.8) is 0 Å². The molecule has 1 heterocycles. The first-order chi connectivity index (χ1) is 12.2. The van der Waals surface area contributed by atoms with Crippen molar-refractivity contribution in [1.82, 2.24) is 10.6 Å². The van der Waals surface area contributed by atoms with E-state index in [1.54, 1.807) is 7.05 Å². The fraction of sp³-hybridized carbons (Fsp3) is 0.316. The predicted octanol–water partition coefficient (Wildman–Crippen LogP) is 3.37. The number of nitrogens with zero attached hydrogens (tertiary/aromatic N) is 1. The van der Waals surface area contributed by atoms with Crippen molar-refractivity contribution in [3.05, 3.63) is 58.6 Å². The van der Waals surface area contributed by atoms with Gasteiger partial charge in [0.2, 0.25) is 0 Å². The Bertz CT molecular complexity index is 749. The van der Waals surface area contributed by atoms with E-state index in [9.17, 15) is 0 Å². The van der Waals surface area contributed by atoms with Crippen LogP contribution in [0.15, 0.2) is 47.5 Å².